The number of carbonyl (C=O) groups excluding carboxylic acids is 2. The second kappa shape index (κ2) is 4.00. The van der Waals surface area contributed by atoms with Gasteiger partial charge in [-0.15, -0.1) is 0 Å². The highest BCUT2D eigenvalue weighted by Crippen LogP contribution is 2.19. The van der Waals surface area contributed by atoms with Crippen molar-refractivity contribution in [2.75, 3.05) is 5.75 Å². The predicted molar refractivity (Wildman–Crippen MR) is 52.8 cm³/mol. The Morgan fingerprint density at radius 3 is 2.54 bits per heavy atom. The molecular formula is C8H14N2O2S. The topological polar surface area (TPSA) is 58.2 Å². The van der Waals surface area contributed by atoms with Gasteiger partial charge in [-0.2, -0.15) is 12.6 Å². The minimum absolute atomic E-state index is 0.249. The second-order valence-electron chi connectivity index (χ2n) is 3.25. The number of hydrogen-bond donors (Lipinski definition) is 3. The normalized spacial score (nSPS) is 27.2. The molecule has 74 valence electrons. The molecule has 0 aromatic carbocycles. The van der Waals surface area contributed by atoms with Crippen molar-refractivity contribution < 1.29 is 9.59 Å². The fourth-order valence-corrected chi connectivity index (χ4v) is 1.75. The summed E-state index contributed by atoms with van der Waals surface area (Å²) < 4.78 is 0. The molecule has 0 aromatic rings. The van der Waals surface area contributed by atoms with Crippen molar-refractivity contribution in [1.82, 2.24) is 10.6 Å². The molecule has 1 fully saturated rings. The SMILES string of the molecule is CCCC[C@]1(CS)NC(=O)NC1=O. The molecule has 1 atom stereocenters. The minimum atomic E-state index is -0.768. The maximum atomic E-state index is 11.4. The van der Waals surface area contributed by atoms with E-state index in [9.17, 15) is 9.59 Å². The Balaban J connectivity index is 2.68. The van der Waals surface area contributed by atoms with Crippen LogP contribution in [0, 0.1) is 0 Å². The van der Waals surface area contributed by atoms with E-state index in [1.54, 1.807) is 0 Å². The molecular weight excluding hydrogens is 188 g/mol. The van der Waals surface area contributed by atoms with Crippen molar-refractivity contribution in [2.45, 2.75) is 31.7 Å². The van der Waals surface area contributed by atoms with Crippen molar-refractivity contribution in [1.29, 1.82) is 0 Å². The molecule has 13 heavy (non-hydrogen) atoms. The van der Waals surface area contributed by atoms with Gasteiger partial charge in [0.15, 0.2) is 0 Å². The van der Waals surface area contributed by atoms with Gasteiger partial charge < -0.3 is 5.32 Å². The molecule has 0 saturated carbocycles. The van der Waals surface area contributed by atoms with Gasteiger partial charge in [-0.05, 0) is 6.42 Å². The molecule has 1 rings (SSSR count). The summed E-state index contributed by atoms with van der Waals surface area (Å²) in [6, 6.07) is -0.407. The Kier molecular flexibility index (Phi) is 3.19. The molecule has 5 heteroatoms. The van der Waals surface area contributed by atoms with Crippen LogP contribution < -0.4 is 10.6 Å². The Hall–Kier alpha value is -0.710. The standard InChI is InChI=1S/C8H14N2O2S/c1-2-3-4-8(5-13)6(11)9-7(12)10-8/h13H,2-5H2,1H3,(H2,9,10,11,12)/t8-/m1/s1. The average molecular weight is 202 g/mol. The zero-order valence-electron chi connectivity index (χ0n) is 7.59. The van der Waals surface area contributed by atoms with Gasteiger partial charge in [0, 0.05) is 5.75 Å². The third-order valence-corrected chi connectivity index (χ3v) is 2.78. The summed E-state index contributed by atoms with van der Waals surface area (Å²) in [5.74, 6) is 0.103. The summed E-state index contributed by atoms with van der Waals surface area (Å²) in [7, 11) is 0. The first-order valence-electron chi connectivity index (χ1n) is 4.39. The first kappa shape index (κ1) is 10.4. The maximum Gasteiger partial charge on any atom is 0.322 e. The third kappa shape index (κ3) is 1.96. The van der Waals surface area contributed by atoms with E-state index in [1.165, 1.54) is 0 Å². The van der Waals surface area contributed by atoms with Crippen LogP contribution in [0.25, 0.3) is 0 Å². The molecule has 0 bridgehead atoms. The highest BCUT2D eigenvalue weighted by molar-refractivity contribution is 7.80. The molecule has 0 spiro atoms. The van der Waals surface area contributed by atoms with Gasteiger partial charge in [-0.25, -0.2) is 4.79 Å². The van der Waals surface area contributed by atoms with Gasteiger partial charge >= 0.3 is 6.03 Å². The molecule has 0 aromatic heterocycles. The quantitative estimate of drug-likeness (QED) is 0.464. The summed E-state index contributed by atoms with van der Waals surface area (Å²) in [4.78, 5) is 22.3. The van der Waals surface area contributed by atoms with E-state index in [-0.39, 0.29) is 5.91 Å². The smallest absolute Gasteiger partial charge is 0.322 e. The van der Waals surface area contributed by atoms with Crippen molar-refractivity contribution in [3.05, 3.63) is 0 Å². The van der Waals surface area contributed by atoms with Crippen LogP contribution in [0.3, 0.4) is 0 Å². The third-order valence-electron chi connectivity index (χ3n) is 2.24. The van der Waals surface area contributed by atoms with Crippen molar-refractivity contribution in [2.24, 2.45) is 0 Å². The van der Waals surface area contributed by atoms with E-state index in [1.807, 2.05) is 6.92 Å². The number of hydrogen-bond acceptors (Lipinski definition) is 3. The molecule has 1 heterocycles. The summed E-state index contributed by atoms with van der Waals surface area (Å²) in [5.41, 5.74) is -0.768. The number of thiol groups is 1. The average Bonchev–Trinajstić information content (AvgIpc) is 2.38. The first-order chi connectivity index (χ1) is 6.14. The van der Waals surface area contributed by atoms with Gasteiger partial charge in [-0.1, -0.05) is 19.8 Å². The van der Waals surface area contributed by atoms with E-state index in [4.69, 9.17) is 0 Å². The van der Waals surface area contributed by atoms with Crippen molar-refractivity contribution in [3.63, 3.8) is 0 Å². The molecule has 2 N–H and O–H groups in total. The highest BCUT2D eigenvalue weighted by Gasteiger charge is 2.44. The maximum absolute atomic E-state index is 11.4. The molecule has 1 saturated heterocycles. The Morgan fingerprint density at radius 2 is 2.15 bits per heavy atom. The fourth-order valence-electron chi connectivity index (χ4n) is 1.37. The molecule has 0 unspecified atom stereocenters. The van der Waals surface area contributed by atoms with Gasteiger partial charge in [0.25, 0.3) is 5.91 Å². The van der Waals surface area contributed by atoms with Gasteiger partial charge in [0.1, 0.15) is 5.54 Å². The zero-order chi connectivity index (χ0) is 9.90. The van der Waals surface area contributed by atoms with Crippen molar-refractivity contribution in [3.8, 4) is 0 Å². The molecule has 1 aliphatic heterocycles. The first-order valence-corrected chi connectivity index (χ1v) is 5.02. The predicted octanol–water partition coefficient (Wildman–Crippen LogP) is 0.685. The van der Waals surface area contributed by atoms with E-state index in [0.717, 1.165) is 12.8 Å². The summed E-state index contributed by atoms with van der Waals surface area (Å²) >= 11 is 4.10. The van der Waals surface area contributed by atoms with Crippen molar-refractivity contribution >= 4 is 24.6 Å². The van der Waals surface area contributed by atoms with E-state index in [0.29, 0.717) is 12.2 Å². The summed E-state index contributed by atoms with van der Waals surface area (Å²) in [6.45, 7) is 2.04. The van der Waals surface area contributed by atoms with Crippen LogP contribution in [-0.4, -0.2) is 23.2 Å². The lowest BCUT2D eigenvalue weighted by molar-refractivity contribution is -0.123. The van der Waals surface area contributed by atoms with E-state index < -0.39 is 11.6 Å². The number of rotatable bonds is 4. The monoisotopic (exact) mass is 202 g/mol. The molecule has 3 amide bonds. The highest BCUT2D eigenvalue weighted by atomic mass is 32.1. The number of imide groups is 1. The van der Waals surface area contributed by atoms with E-state index >= 15 is 0 Å². The molecule has 0 radical (unpaired) electrons. The van der Waals surface area contributed by atoms with Crippen LogP contribution in [0.15, 0.2) is 0 Å². The lowest BCUT2D eigenvalue weighted by Gasteiger charge is -2.23. The van der Waals surface area contributed by atoms with Crippen LogP contribution in [0.2, 0.25) is 0 Å². The van der Waals surface area contributed by atoms with Crippen LogP contribution in [-0.2, 0) is 4.79 Å². The van der Waals surface area contributed by atoms with Crippen LogP contribution in [0.5, 0.6) is 0 Å². The lowest BCUT2D eigenvalue weighted by Crippen LogP contribution is -2.48. The molecule has 0 aliphatic carbocycles. The largest absolute Gasteiger partial charge is 0.322 e. The Morgan fingerprint density at radius 1 is 1.46 bits per heavy atom. The van der Waals surface area contributed by atoms with Gasteiger partial charge in [0.2, 0.25) is 0 Å². The molecule has 4 nitrogen and oxygen atoms in total. The number of urea groups is 1. The van der Waals surface area contributed by atoms with Crippen LogP contribution >= 0.6 is 12.6 Å². The van der Waals surface area contributed by atoms with Crippen LogP contribution in [0.1, 0.15) is 26.2 Å². The van der Waals surface area contributed by atoms with E-state index in [2.05, 4.69) is 23.3 Å². The summed E-state index contributed by atoms with van der Waals surface area (Å²) in [5, 5.41) is 4.86. The number of nitrogens with one attached hydrogen (secondary N) is 2. The molecule has 1 aliphatic rings. The number of amides is 3. The Labute approximate surface area is 82.9 Å². The lowest BCUT2D eigenvalue weighted by atomic mass is 9.95. The second-order valence-corrected chi connectivity index (χ2v) is 3.57. The fraction of sp³-hybridized carbons (Fsp3) is 0.750. The zero-order valence-corrected chi connectivity index (χ0v) is 8.49. The Bertz CT molecular complexity index is 232. The minimum Gasteiger partial charge on any atom is -0.322 e. The van der Waals surface area contributed by atoms with Crippen LogP contribution in [0.4, 0.5) is 4.79 Å². The number of carbonyl (C=O) groups is 2. The number of unbranched alkanes of at least 4 members (excludes halogenated alkanes) is 1. The summed E-state index contributed by atoms with van der Waals surface area (Å²) in [6.07, 6.45) is 2.57. The van der Waals surface area contributed by atoms with Gasteiger partial charge in [-0.3, -0.25) is 10.1 Å². The van der Waals surface area contributed by atoms with Gasteiger partial charge in [0.05, 0.1) is 0 Å².